The molecular formula is C20H20ClHfO-3. The van der Waals surface area contributed by atoms with Crippen LogP contribution in [0, 0.1) is 0 Å². The van der Waals surface area contributed by atoms with E-state index in [4.69, 9.17) is 5.11 Å². The third kappa shape index (κ3) is 6.82. The van der Waals surface area contributed by atoms with Crippen LogP contribution in [-0.2, 0) is 25.8 Å². The van der Waals surface area contributed by atoms with Gasteiger partial charge in [0, 0.05) is 32.5 Å². The van der Waals surface area contributed by atoms with Crippen molar-refractivity contribution in [2.75, 3.05) is 6.61 Å². The van der Waals surface area contributed by atoms with Gasteiger partial charge in [0.1, 0.15) is 0 Å². The van der Waals surface area contributed by atoms with Gasteiger partial charge in [0.05, 0.1) is 0 Å². The van der Waals surface area contributed by atoms with E-state index in [-0.39, 0.29) is 44.9 Å². The molecule has 4 aromatic rings. The van der Waals surface area contributed by atoms with Crippen LogP contribution < -0.4 is 12.4 Å². The molecule has 0 radical (unpaired) electrons. The summed E-state index contributed by atoms with van der Waals surface area (Å²) in [5, 5.41) is 12.9. The topological polar surface area (TPSA) is 20.2 Å². The SMILES string of the molecule is CCO.[Cl-].[Hf].c1ccc2[cH-]ccc2c1.c1ccc2[cH-]ccc2c1. The van der Waals surface area contributed by atoms with E-state index in [1.165, 1.54) is 21.5 Å². The van der Waals surface area contributed by atoms with Gasteiger partial charge in [-0.3, -0.25) is 0 Å². The van der Waals surface area contributed by atoms with E-state index in [0.717, 1.165) is 0 Å². The van der Waals surface area contributed by atoms with Crippen LogP contribution in [0.2, 0.25) is 0 Å². The van der Waals surface area contributed by atoms with Crippen molar-refractivity contribution in [2.24, 2.45) is 0 Å². The summed E-state index contributed by atoms with van der Waals surface area (Å²) in [5.74, 6) is 0. The van der Waals surface area contributed by atoms with Crippen molar-refractivity contribution in [3.05, 3.63) is 84.9 Å². The number of benzene rings is 2. The Hall–Kier alpha value is -1.22. The van der Waals surface area contributed by atoms with Gasteiger partial charge < -0.3 is 17.5 Å². The zero-order valence-corrected chi connectivity index (χ0v) is 17.5. The fourth-order valence-corrected chi connectivity index (χ4v) is 2.14. The van der Waals surface area contributed by atoms with Crippen LogP contribution in [0.3, 0.4) is 0 Å². The largest absolute Gasteiger partial charge is 1.00 e. The molecule has 0 aromatic heterocycles. The van der Waals surface area contributed by atoms with Gasteiger partial charge >= 0.3 is 0 Å². The summed E-state index contributed by atoms with van der Waals surface area (Å²) in [7, 11) is 0. The minimum absolute atomic E-state index is 0. The number of fused-ring (bicyclic) bond motifs is 2. The Bertz CT molecular complexity index is 647. The van der Waals surface area contributed by atoms with Crippen molar-refractivity contribution in [3.8, 4) is 0 Å². The minimum atomic E-state index is 0. The van der Waals surface area contributed by atoms with Gasteiger partial charge in [0.15, 0.2) is 0 Å². The van der Waals surface area contributed by atoms with E-state index >= 15 is 0 Å². The molecule has 1 N–H and O–H groups in total. The van der Waals surface area contributed by atoms with Crippen LogP contribution in [-0.4, -0.2) is 11.7 Å². The van der Waals surface area contributed by atoms with Crippen LogP contribution in [0.15, 0.2) is 84.9 Å². The Morgan fingerprint density at radius 3 is 1.43 bits per heavy atom. The van der Waals surface area contributed by atoms with E-state index < -0.39 is 0 Å². The number of aliphatic hydroxyl groups excluding tert-OH is 1. The number of rotatable bonds is 0. The zero-order chi connectivity index (χ0) is 14.9. The quantitative estimate of drug-likeness (QED) is 0.296. The van der Waals surface area contributed by atoms with Crippen molar-refractivity contribution in [1.82, 2.24) is 0 Å². The van der Waals surface area contributed by atoms with E-state index in [1.807, 2.05) is 0 Å². The second-order valence-electron chi connectivity index (χ2n) is 4.63. The van der Waals surface area contributed by atoms with Crippen LogP contribution in [0.1, 0.15) is 6.92 Å². The maximum Gasteiger partial charge on any atom is 0.0402 e. The molecule has 0 aliphatic rings. The second-order valence-corrected chi connectivity index (χ2v) is 4.63. The zero-order valence-electron chi connectivity index (χ0n) is 13.1. The van der Waals surface area contributed by atoms with E-state index in [9.17, 15) is 0 Å². The summed E-state index contributed by atoms with van der Waals surface area (Å²) < 4.78 is 0. The van der Waals surface area contributed by atoms with Crippen molar-refractivity contribution in [3.63, 3.8) is 0 Å². The number of hydrogen-bond donors (Lipinski definition) is 1. The molecule has 120 valence electrons. The molecule has 0 heterocycles. The van der Waals surface area contributed by atoms with Crippen LogP contribution >= 0.6 is 0 Å². The average molecular weight is 490 g/mol. The van der Waals surface area contributed by atoms with Gasteiger partial charge in [0.2, 0.25) is 0 Å². The first-order valence-electron chi connectivity index (χ1n) is 7.17. The van der Waals surface area contributed by atoms with Crippen molar-refractivity contribution in [1.29, 1.82) is 0 Å². The monoisotopic (exact) mass is 491 g/mol. The summed E-state index contributed by atoms with van der Waals surface area (Å²) >= 11 is 0. The van der Waals surface area contributed by atoms with Gasteiger partial charge in [-0.15, -0.1) is 59.3 Å². The molecule has 0 aliphatic carbocycles. The Labute approximate surface area is 162 Å². The number of aliphatic hydroxyl groups is 1. The van der Waals surface area contributed by atoms with Crippen molar-refractivity contribution >= 4 is 21.5 Å². The van der Waals surface area contributed by atoms with Gasteiger partial charge in [-0.05, 0) is 6.92 Å². The predicted molar refractivity (Wildman–Crippen MR) is 91.8 cm³/mol. The molecule has 4 rings (SSSR count). The fraction of sp³-hybridized carbons (Fsp3) is 0.100. The molecule has 0 aliphatic heterocycles. The third-order valence-corrected chi connectivity index (χ3v) is 3.10. The van der Waals surface area contributed by atoms with Crippen molar-refractivity contribution in [2.45, 2.75) is 6.92 Å². The van der Waals surface area contributed by atoms with Crippen LogP contribution in [0.4, 0.5) is 0 Å². The first-order chi connectivity index (χ1) is 10.3. The first kappa shape index (κ1) is 21.8. The first-order valence-corrected chi connectivity index (χ1v) is 7.17. The summed E-state index contributed by atoms with van der Waals surface area (Å²) in [4.78, 5) is 0. The predicted octanol–water partition coefficient (Wildman–Crippen LogP) is 2.12. The van der Waals surface area contributed by atoms with Gasteiger partial charge in [-0.2, -0.15) is 35.0 Å². The Morgan fingerprint density at radius 1 is 0.739 bits per heavy atom. The molecule has 0 fully saturated rings. The van der Waals surface area contributed by atoms with E-state index in [1.54, 1.807) is 6.92 Å². The molecular weight excluding hydrogens is 470 g/mol. The number of hydrogen-bond acceptors (Lipinski definition) is 1. The van der Waals surface area contributed by atoms with Gasteiger partial charge in [-0.25, -0.2) is 0 Å². The molecule has 4 aromatic carbocycles. The molecule has 3 heteroatoms. The molecule has 1 nitrogen and oxygen atoms in total. The molecule has 0 atom stereocenters. The summed E-state index contributed by atoms with van der Waals surface area (Å²) in [6.07, 6.45) is 0. The van der Waals surface area contributed by atoms with E-state index in [2.05, 4.69) is 84.9 Å². The Balaban J connectivity index is 0.000000336. The molecule has 0 bridgehead atoms. The molecule has 0 saturated heterocycles. The standard InChI is InChI=1S/2C9H7.C2H6O.ClH.Hf/c2*1-2-5-9-7-3-6-8(9)4-1;1-2-3;;/h2*1-7H;3H,2H2,1H3;1H;/q2*-1;;;/p-1. The maximum absolute atomic E-state index is 7.57. The summed E-state index contributed by atoms with van der Waals surface area (Å²) in [6.45, 7) is 1.93. The maximum atomic E-state index is 7.57. The summed E-state index contributed by atoms with van der Waals surface area (Å²) in [6, 6.07) is 29.3. The number of halogens is 1. The van der Waals surface area contributed by atoms with E-state index in [0.29, 0.717) is 0 Å². The van der Waals surface area contributed by atoms with Crippen molar-refractivity contribution < 1.29 is 43.4 Å². The fourth-order valence-electron chi connectivity index (χ4n) is 2.14. The van der Waals surface area contributed by atoms with Gasteiger partial charge in [-0.1, -0.05) is 12.1 Å². The molecule has 0 amide bonds. The normalized spacial score (nSPS) is 8.78. The minimum Gasteiger partial charge on any atom is -1.00 e. The molecule has 0 spiro atoms. The smallest absolute Gasteiger partial charge is 0.0402 e. The Morgan fingerprint density at radius 2 is 1.09 bits per heavy atom. The van der Waals surface area contributed by atoms with Crippen LogP contribution in [0.25, 0.3) is 21.5 Å². The molecule has 0 saturated carbocycles. The second kappa shape index (κ2) is 12.2. The van der Waals surface area contributed by atoms with Gasteiger partial charge in [0.25, 0.3) is 0 Å². The molecule has 23 heavy (non-hydrogen) atoms. The average Bonchev–Trinajstić information content (AvgIpc) is 3.17. The van der Waals surface area contributed by atoms with Crippen LogP contribution in [0.5, 0.6) is 0 Å². The summed E-state index contributed by atoms with van der Waals surface area (Å²) in [5.41, 5.74) is 0. The third-order valence-electron chi connectivity index (χ3n) is 3.10. The molecule has 0 unspecified atom stereocenters. The Kier molecular flexibility index (Phi) is 11.6.